The third kappa shape index (κ3) is 13.0. The molecule has 0 saturated heterocycles. The first-order valence-corrected chi connectivity index (χ1v) is 15.6. The lowest BCUT2D eigenvalue weighted by molar-refractivity contribution is -0.139. The number of hydrogen-bond acceptors (Lipinski definition) is 9. The van der Waals surface area contributed by atoms with Crippen LogP contribution in [-0.4, -0.2) is 69.1 Å². The quantitative estimate of drug-likeness (QED) is 0.128. The molecule has 3 amide bonds. The number of carboxylic acids is 3. The minimum absolute atomic E-state index is 0.242. The second-order valence-corrected chi connectivity index (χ2v) is 12.3. The third-order valence-corrected chi connectivity index (χ3v) is 8.17. The summed E-state index contributed by atoms with van der Waals surface area (Å²) >= 11 is 0. The maximum absolute atomic E-state index is 11.1. The van der Waals surface area contributed by atoms with Gasteiger partial charge >= 0.3 is 17.9 Å². The van der Waals surface area contributed by atoms with Gasteiger partial charge in [-0.15, -0.1) is 0 Å². The number of amides is 3. The second-order valence-electron chi connectivity index (χ2n) is 12.3. The summed E-state index contributed by atoms with van der Waals surface area (Å²) in [5.74, 6) is -4.60. The van der Waals surface area contributed by atoms with E-state index < -0.39 is 53.8 Å². The molecule has 0 aromatic heterocycles. The topological polar surface area (TPSA) is 319 Å². The van der Waals surface area contributed by atoms with Gasteiger partial charge in [0.25, 0.3) is 0 Å². The van der Waals surface area contributed by atoms with Gasteiger partial charge in [0.1, 0.15) is 18.1 Å². The molecular formula is C36H48N6O9. The van der Waals surface area contributed by atoms with E-state index in [-0.39, 0.29) is 19.3 Å². The monoisotopic (exact) mass is 708 g/mol. The van der Waals surface area contributed by atoms with Gasteiger partial charge < -0.3 is 49.7 Å². The van der Waals surface area contributed by atoms with E-state index in [1.807, 2.05) is 41.5 Å². The first kappa shape index (κ1) is 43.4. The number of nitrogens with two attached hydrogens (primary N) is 6. The highest BCUT2D eigenvalue weighted by atomic mass is 16.4. The van der Waals surface area contributed by atoms with Gasteiger partial charge in [-0.25, -0.2) is 0 Å². The smallest absolute Gasteiger partial charge is 0.320 e. The molecular weight excluding hydrogens is 660 g/mol. The molecule has 0 aliphatic carbocycles. The van der Waals surface area contributed by atoms with E-state index in [1.54, 1.807) is 36.4 Å². The largest absolute Gasteiger partial charge is 0.480 e. The molecule has 0 radical (unpaired) electrons. The molecule has 0 bridgehead atoms. The molecule has 0 fully saturated rings. The zero-order valence-electron chi connectivity index (χ0n) is 29.6. The van der Waals surface area contributed by atoms with Crippen molar-refractivity contribution in [1.29, 1.82) is 0 Å². The fourth-order valence-electron chi connectivity index (χ4n) is 5.29. The van der Waals surface area contributed by atoms with E-state index in [0.29, 0.717) is 16.7 Å². The Bertz CT molecular complexity index is 1550. The van der Waals surface area contributed by atoms with Crippen LogP contribution >= 0.6 is 0 Å². The van der Waals surface area contributed by atoms with Crippen molar-refractivity contribution in [2.24, 2.45) is 34.4 Å². The van der Waals surface area contributed by atoms with Crippen LogP contribution in [0.25, 0.3) is 0 Å². The molecule has 15 nitrogen and oxygen atoms in total. The third-order valence-electron chi connectivity index (χ3n) is 8.17. The minimum Gasteiger partial charge on any atom is -0.480 e. The van der Waals surface area contributed by atoms with Crippen LogP contribution in [0.15, 0.2) is 36.4 Å². The van der Waals surface area contributed by atoms with Gasteiger partial charge in [-0.2, -0.15) is 0 Å². The summed E-state index contributed by atoms with van der Waals surface area (Å²) in [6, 6.07) is 7.10. The van der Waals surface area contributed by atoms with Crippen molar-refractivity contribution in [2.75, 3.05) is 0 Å². The van der Waals surface area contributed by atoms with Crippen molar-refractivity contribution in [3.05, 3.63) is 103 Å². The molecule has 0 heterocycles. The van der Waals surface area contributed by atoms with Crippen LogP contribution < -0.4 is 34.4 Å². The summed E-state index contributed by atoms with van der Waals surface area (Å²) in [5, 5.41) is 26.3. The number of carbonyl (C=O) groups excluding carboxylic acids is 3. The average molecular weight is 709 g/mol. The molecule has 3 rings (SSSR count). The van der Waals surface area contributed by atoms with Gasteiger partial charge in [0, 0.05) is 16.7 Å². The highest BCUT2D eigenvalue weighted by Gasteiger charge is 2.18. The summed E-state index contributed by atoms with van der Waals surface area (Å²) in [6.07, 6.45) is 0.726. The molecule has 3 aromatic carbocycles. The van der Waals surface area contributed by atoms with E-state index in [0.717, 1.165) is 50.1 Å². The number of primary amides is 3. The Morgan fingerprint density at radius 1 is 0.431 bits per heavy atom. The molecule has 3 aromatic rings. The maximum Gasteiger partial charge on any atom is 0.320 e. The summed E-state index contributed by atoms with van der Waals surface area (Å²) in [6.45, 7) is 10.9. The van der Waals surface area contributed by atoms with E-state index in [2.05, 4.69) is 0 Å². The van der Waals surface area contributed by atoms with Crippen LogP contribution in [0.1, 0.15) is 81.1 Å². The first-order chi connectivity index (χ1) is 23.5. The van der Waals surface area contributed by atoms with Crippen LogP contribution in [0.5, 0.6) is 0 Å². The Balaban J connectivity index is 0.000000382. The zero-order chi connectivity index (χ0) is 39.5. The molecule has 0 spiro atoms. The number of carbonyl (C=O) groups is 6. The number of benzene rings is 3. The first-order valence-electron chi connectivity index (χ1n) is 15.6. The van der Waals surface area contributed by atoms with E-state index in [1.165, 1.54) is 0 Å². The normalized spacial score (nSPS) is 12.2. The van der Waals surface area contributed by atoms with Crippen LogP contribution in [0.3, 0.4) is 0 Å². The van der Waals surface area contributed by atoms with Crippen molar-refractivity contribution in [3.63, 3.8) is 0 Å². The van der Waals surface area contributed by atoms with Crippen molar-refractivity contribution < 1.29 is 44.1 Å². The lowest BCUT2D eigenvalue weighted by atomic mass is 9.94. The summed E-state index contributed by atoms with van der Waals surface area (Å²) in [5.41, 5.74) is 40.9. The minimum atomic E-state index is -1.04. The van der Waals surface area contributed by atoms with Gasteiger partial charge in [-0.05, 0) is 147 Å². The lowest BCUT2D eigenvalue weighted by Gasteiger charge is -2.13. The Morgan fingerprint density at radius 3 is 0.706 bits per heavy atom. The van der Waals surface area contributed by atoms with Gasteiger partial charge in [-0.1, -0.05) is 0 Å². The average Bonchev–Trinajstić information content (AvgIpc) is 3.02. The Labute approximate surface area is 296 Å². The van der Waals surface area contributed by atoms with Crippen molar-refractivity contribution in [3.8, 4) is 0 Å². The highest BCUT2D eigenvalue weighted by Crippen LogP contribution is 2.20. The van der Waals surface area contributed by atoms with Crippen LogP contribution in [0, 0.1) is 41.5 Å². The molecule has 0 aliphatic heterocycles. The highest BCUT2D eigenvalue weighted by molar-refractivity contribution is 5.94. The lowest BCUT2D eigenvalue weighted by Crippen LogP contribution is -2.32. The SMILES string of the molecule is Cc1cc(C(N)=O)cc(C)c1CC(N)C(=O)O.Cc1cc(C(N)=O)cc(C)c1C[C@@H](N)C(=O)O.Cc1cc(C(N)=O)cc(C)c1C[C@H](N)C(=O)O. The van der Waals surface area contributed by atoms with Gasteiger partial charge in [-0.3, -0.25) is 28.8 Å². The molecule has 276 valence electrons. The van der Waals surface area contributed by atoms with Gasteiger partial charge in [0.2, 0.25) is 17.7 Å². The summed E-state index contributed by atoms with van der Waals surface area (Å²) in [7, 11) is 0. The number of aryl methyl sites for hydroxylation is 6. The summed E-state index contributed by atoms with van der Waals surface area (Å²) in [4.78, 5) is 65.3. The maximum atomic E-state index is 11.1. The fraction of sp³-hybridized carbons (Fsp3) is 0.333. The fourth-order valence-corrected chi connectivity index (χ4v) is 5.29. The Morgan fingerprint density at radius 2 is 0.588 bits per heavy atom. The molecule has 15 N–H and O–H groups in total. The second kappa shape index (κ2) is 18.9. The van der Waals surface area contributed by atoms with Crippen LogP contribution in [0.2, 0.25) is 0 Å². The summed E-state index contributed by atoms with van der Waals surface area (Å²) < 4.78 is 0. The van der Waals surface area contributed by atoms with Crippen molar-refractivity contribution in [1.82, 2.24) is 0 Å². The van der Waals surface area contributed by atoms with Crippen LogP contribution in [-0.2, 0) is 33.6 Å². The molecule has 15 heteroatoms. The predicted molar refractivity (Wildman–Crippen MR) is 191 cm³/mol. The molecule has 1 unspecified atom stereocenters. The number of aliphatic carboxylic acids is 3. The van der Waals surface area contributed by atoms with Gasteiger partial charge in [0.15, 0.2) is 0 Å². The number of carboxylic acid groups (broad SMARTS) is 3. The van der Waals surface area contributed by atoms with Gasteiger partial charge in [0.05, 0.1) is 0 Å². The molecule has 51 heavy (non-hydrogen) atoms. The number of rotatable bonds is 12. The predicted octanol–water partition coefficient (Wildman–Crippen LogP) is 1.07. The van der Waals surface area contributed by atoms with Crippen molar-refractivity contribution >= 4 is 35.6 Å². The Kier molecular flexibility index (Phi) is 16.1. The molecule has 0 aliphatic rings. The Hall–Kier alpha value is -5.64. The standard InChI is InChI=1S/3C12H16N2O3/c3*1-6-3-8(11(14)15)4-7(2)9(6)5-10(13)12(16)17/h3*3-4,10H,5,13H2,1-2H3,(H2,14,15)(H,16,17)/t2*10-;/m10./s1. The zero-order valence-corrected chi connectivity index (χ0v) is 29.6. The van der Waals surface area contributed by atoms with Crippen molar-refractivity contribution in [2.45, 2.75) is 78.9 Å². The van der Waals surface area contributed by atoms with E-state index >= 15 is 0 Å². The van der Waals surface area contributed by atoms with E-state index in [4.69, 9.17) is 49.7 Å². The number of hydrogen-bond donors (Lipinski definition) is 9. The molecule has 0 saturated carbocycles. The molecule has 3 atom stereocenters. The van der Waals surface area contributed by atoms with Crippen LogP contribution in [0.4, 0.5) is 0 Å². The van der Waals surface area contributed by atoms with E-state index in [9.17, 15) is 28.8 Å².